The van der Waals surface area contributed by atoms with Gasteiger partial charge in [0.15, 0.2) is 6.23 Å². The number of aliphatic hydroxyl groups is 1. The van der Waals surface area contributed by atoms with E-state index in [2.05, 4.69) is 10.5 Å². The molecule has 1 aliphatic heterocycles. The standard InChI is InChI=1S/C6H12N2O2/c1-4-7-8-5(10-4)6(2,3)9/h4,7,9H,1-3H3. The minimum Gasteiger partial charge on any atom is -0.453 e. The molecule has 10 heavy (non-hydrogen) atoms. The van der Waals surface area contributed by atoms with Crippen molar-refractivity contribution in [2.24, 2.45) is 5.10 Å². The zero-order chi connectivity index (χ0) is 7.78. The number of rotatable bonds is 1. The first kappa shape index (κ1) is 7.34. The second-order valence-corrected chi connectivity index (χ2v) is 2.87. The van der Waals surface area contributed by atoms with Gasteiger partial charge in [-0.3, -0.25) is 5.43 Å². The highest BCUT2D eigenvalue weighted by molar-refractivity contribution is 5.84. The van der Waals surface area contributed by atoms with Crippen molar-refractivity contribution in [1.29, 1.82) is 0 Å². The molecule has 0 aliphatic carbocycles. The van der Waals surface area contributed by atoms with E-state index in [9.17, 15) is 5.11 Å². The molecule has 1 aliphatic rings. The van der Waals surface area contributed by atoms with Gasteiger partial charge in [0.2, 0.25) is 5.90 Å². The largest absolute Gasteiger partial charge is 0.453 e. The Morgan fingerprint density at radius 2 is 2.30 bits per heavy atom. The van der Waals surface area contributed by atoms with E-state index in [1.165, 1.54) is 0 Å². The Morgan fingerprint density at radius 3 is 2.50 bits per heavy atom. The van der Waals surface area contributed by atoms with Crippen LogP contribution >= 0.6 is 0 Å². The molecule has 0 bridgehead atoms. The number of nitrogens with zero attached hydrogens (tertiary/aromatic N) is 1. The average Bonchev–Trinajstić information content (AvgIpc) is 2.11. The van der Waals surface area contributed by atoms with E-state index in [0.29, 0.717) is 5.90 Å². The van der Waals surface area contributed by atoms with Crippen molar-refractivity contribution in [3.05, 3.63) is 0 Å². The fourth-order valence-corrected chi connectivity index (χ4v) is 0.651. The third-order valence-electron chi connectivity index (χ3n) is 1.16. The molecule has 1 rings (SSSR count). The van der Waals surface area contributed by atoms with Gasteiger partial charge in [0.25, 0.3) is 0 Å². The average molecular weight is 144 g/mol. The molecule has 0 saturated carbocycles. The molecule has 0 aromatic carbocycles. The Balaban J connectivity index is 2.60. The summed E-state index contributed by atoms with van der Waals surface area (Å²) in [6.07, 6.45) is -0.124. The van der Waals surface area contributed by atoms with Crippen molar-refractivity contribution in [2.75, 3.05) is 0 Å². The van der Waals surface area contributed by atoms with Gasteiger partial charge >= 0.3 is 0 Å². The number of hydrazone groups is 1. The van der Waals surface area contributed by atoms with Gasteiger partial charge in [0, 0.05) is 0 Å². The molecule has 58 valence electrons. The van der Waals surface area contributed by atoms with Crippen LogP contribution in [0, 0.1) is 0 Å². The summed E-state index contributed by atoms with van der Waals surface area (Å²) in [6.45, 7) is 5.08. The molecule has 4 heteroatoms. The van der Waals surface area contributed by atoms with E-state index >= 15 is 0 Å². The summed E-state index contributed by atoms with van der Waals surface area (Å²) in [5, 5.41) is 13.1. The highest BCUT2D eigenvalue weighted by Gasteiger charge is 2.28. The highest BCUT2D eigenvalue weighted by atomic mass is 16.5. The van der Waals surface area contributed by atoms with E-state index in [0.717, 1.165) is 0 Å². The number of ether oxygens (including phenoxy) is 1. The molecule has 0 amide bonds. The lowest BCUT2D eigenvalue weighted by Crippen LogP contribution is -2.32. The van der Waals surface area contributed by atoms with E-state index in [1.807, 2.05) is 6.92 Å². The Hall–Kier alpha value is -0.770. The lowest BCUT2D eigenvalue weighted by molar-refractivity contribution is 0.103. The first-order valence-electron chi connectivity index (χ1n) is 3.23. The molecule has 0 fully saturated rings. The highest BCUT2D eigenvalue weighted by Crippen LogP contribution is 2.10. The van der Waals surface area contributed by atoms with Crippen molar-refractivity contribution in [3.63, 3.8) is 0 Å². The summed E-state index contributed by atoms with van der Waals surface area (Å²) in [5.41, 5.74) is 1.71. The lowest BCUT2D eigenvalue weighted by Gasteiger charge is -2.15. The molecule has 4 nitrogen and oxygen atoms in total. The van der Waals surface area contributed by atoms with Crippen LogP contribution in [0.25, 0.3) is 0 Å². The molecule has 0 spiro atoms. The monoisotopic (exact) mass is 144 g/mol. The van der Waals surface area contributed by atoms with Gasteiger partial charge in [-0.05, 0) is 20.8 Å². The zero-order valence-corrected chi connectivity index (χ0v) is 6.38. The van der Waals surface area contributed by atoms with Gasteiger partial charge in [0.1, 0.15) is 5.60 Å². The maximum Gasteiger partial charge on any atom is 0.239 e. The number of hydrogen-bond donors (Lipinski definition) is 2. The lowest BCUT2D eigenvalue weighted by atomic mass is 10.1. The van der Waals surface area contributed by atoms with E-state index in [1.54, 1.807) is 13.8 Å². The van der Waals surface area contributed by atoms with Crippen LogP contribution < -0.4 is 5.43 Å². The van der Waals surface area contributed by atoms with Crippen molar-refractivity contribution in [2.45, 2.75) is 32.6 Å². The van der Waals surface area contributed by atoms with Crippen LogP contribution in [0.2, 0.25) is 0 Å². The normalized spacial score (nSPS) is 25.2. The summed E-state index contributed by atoms with van der Waals surface area (Å²) >= 11 is 0. The number of nitrogens with one attached hydrogen (secondary N) is 1. The van der Waals surface area contributed by atoms with Gasteiger partial charge < -0.3 is 9.84 Å². The van der Waals surface area contributed by atoms with Crippen LogP contribution in [0.1, 0.15) is 20.8 Å². The molecule has 1 unspecified atom stereocenters. The van der Waals surface area contributed by atoms with Crippen LogP contribution in [0.3, 0.4) is 0 Å². The predicted molar refractivity (Wildman–Crippen MR) is 37.4 cm³/mol. The third kappa shape index (κ3) is 1.39. The first-order valence-corrected chi connectivity index (χ1v) is 3.23. The minimum atomic E-state index is -0.974. The molecule has 0 radical (unpaired) electrons. The molecule has 0 aromatic heterocycles. The Kier molecular flexibility index (Phi) is 1.56. The quantitative estimate of drug-likeness (QED) is 0.546. The molecule has 1 atom stereocenters. The molecular weight excluding hydrogens is 132 g/mol. The van der Waals surface area contributed by atoms with Crippen molar-refractivity contribution < 1.29 is 9.84 Å². The Morgan fingerprint density at radius 1 is 1.70 bits per heavy atom. The summed E-state index contributed by atoms with van der Waals surface area (Å²) in [6, 6.07) is 0. The molecular formula is C6H12N2O2. The van der Waals surface area contributed by atoms with Gasteiger partial charge in [-0.25, -0.2) is 0 Å². The summed E-state index contributed by atoms with van der Waals surface area (Å²) in [5.74, 6) is 0.347. The van der Waals surface area contributed by atoms with E-state index in [4.69, 9.17) is 4.74 Å². The van der Waals surface area contributed by atoms with Crippen LogP contribution in [0.4, 0.5) is 0 Å². The summed E-state index contributed by atoms with van der Waals surface area (Å²) < 4.78 is 5.11. The smallest absolute Gasteiger partial charge is 0.239 e. The van der Waals surface area contributed by atoms with Gasteiger partial charge in [-0.1, -0.05) is 0 Å². The Labute approximate surface area is 59.9 Å². The maximum atomic E-state index is 9.34. The third-order valence-corrected chi connectivity index (χ3v) is 1.16. The predicted octanol–water partition coefficient (Wildman–Crippen LogP) is 0.0366. The van der Waals surface area contributed by atoms with Crippen molar-refractivity contribution >= 4 is 5.90 Å². The zero-order valence-electron chi connectivity index (χ0n) is 6.38. The van der Waals surface area contributed by atoms with Crippen LogP contribution in [-0.4, -0.2) is 22.8 Å². The molecule has 2 N–H and O–H groups in total. The van der Waals surface area contributed by atoms with E-state index in [-0.39, 0.29) is 6.23 Å². The minimum absolute atomic E-state index is 0.124. The molecule has 0 saturated heterocycles. The van der Waals surface area contributed by atoms with Gasteiger partial charge in [-0.15, -0.1) is 5.10 Å². The fraction of sp³-hybridized carbons (Fsp3) is 0.833. The van der Waals surface area contributed by atoms with Crippen LogP contribution in [0.15, 0.2) is 5.10 Å². The number of hydrogen-bond acceptors (Lipinski definition) is 4. The Bertz CT molecular complexity index is 160. The molecule has 1 heterocycles. The van der Waals surface area contributed by atoms with Gasteiger partial charge in [-0.2, -0.15) is 0 Å². The van der Waals surface area contributed by atoms with Crippen molar-refractivity contribution in [1.82, 2.24) is 5.43 Å². The van der Waals surface area contributed by atoms with E-state index < -0.39 is 5.60 Å². The second-order valence-electron chi connectivity index (χ2n) is 2.87. The van der Waals surface area contributed by atoms with Crippen LogP contribution in [-0.2, 0) is 4.74 Å². The van der Waals surface area contributed by atoms with Crippen LogP contribution in [0.5, 0.6) is 0 Å². The molecule has 0 aromatic rings. The maximum absolute atomic E-state index is 9.34. The fourth-order valence-electron chi connectivity index (χ4n) is 0.651. The van der Waals surface area contributed by atoms with Crippen molar-refractivity contribution in [3.8, 4) is 0 Å². The van der Waals surface area contributed by atoms with Gasteiger partial charge in [0.05, 0.1) is 0 Å². The SMILES string of the molecule is CC1NN=C(C(C)(C)O)O1. The topological polar surface area (TPSA) is 53.9 Å². The summed E-state index contributed by atoms with van der Waals surface area (Å²) in [4.78, 5) is 0. The first-order chi connectivity index (χ1) is 4.50. The second kappa shape index (κ2) is 2.12. The summed E-state index contributed by atoms with van der Waals surface area (Å²) in [7, 11) is 0.